The molecule has 0 fully saturated rings. The Labute approximate surface area is 167 Å². The standard InChI is InChI=1S/C22H18FN5O/c1-12-3-4-15(8-18(12)23)20(26)17-9-16(5-6-19(17)25)28-22(29)21-13(2)7-14(10-24)11-27-21/h3-9,11,26H,25H2,1-2H3,(H,28,29). The molecule has 29 heavy (non-hydrogen) atoms. The van der Waals surface area contributed by atoms with E-state index in [1.54, 1.807) is 50.2 Å². The lowest BCUT2D eigenvalue weighted by atomic mass is 9.99. The summed E-state index contributed by atoms with van der Waals surface area (Å²) in [7, 11) is 0. The van der Waals surface area contributed by atoms with Crippen molar-refractivity contribution in [3.63, 3.8) is 0 Å². The minimum atomic E-state index is -0.448. The van der Waals surface area contributed by atoms with Crippen LogP contribution in [0.3, 0.4) is 0 Å². The number of aromatic nitrogens is 1. The SMILES string of the molecule is Cc1ccc(C(=N)c2cc(NC(=O)c3ncc(C#N)cc3C)ccc2N)cc1F. The lowest BCUT2D eigenvalue weighted by Gasteiger charge is -2.12. The summed E-state index contributed by atoms with van der Waals surface area (Å²) in [5.74, 6) is -0.853. The van der Waals surface area contributed by atoms with Crippen LogP contribution in [0.25, 0.3) is 0 Å². The van der Waals surface area contributed by atoms with E-state index in [1.807, 2.05) is 6.07 Å². The Morgan fingerprint density at radius 1 is 1.17 bits per heavy atom. The number of hydrogen-bond acceptors (Lipinski definition) is 5. The first-order valence-corrected chi connectivity index (χ1v) is 8.73. The van der Waals surface area contributed by atoms with E-state index < -0.39 is 11.7 Å². The van der Waals surface area contributed by atoms with E-state index in [0.29, 0.717) is 39.2 Å². The summed E-state index contributed by atoms with van der Waals surface area (Å²) in [5, 5.41) is 20.0. The molecule has 0 saturated heterocycles. The highest BCUT2D eigenvalue weighted by Crippen LogP contribution is 2.23. The van der Waals surface area contributed by atoms with Crippen molar-refractivity contribution >= 4 is 23.0 Å². The number of pyridine rings is 1. The van der Waals surface area contributed by atoms with E-state index in [4.69, 9.17) is 16.4 Å². The van der Waals surface area contributed by atoms with Gasteiger partial charge >= 0.3 is 0 Å². The number of benzene rings is 2. The molecule has 3 aromatic rings. The summed E-state index contributed by atoms with van der Waals surface area (Å²) in [4.78, 5) is 16.6. The molecule has 0 unspecified atom stereocenters. The average Bonchev–Trinajstić information content (AvgIpc) is 2.70. The third-order valence-electron chi connectivity index (χ3n) is 4.46. The van der Waals surface area contributed by atoms with Gasteiger partial charge in [-0.1, -0.05) is 12.1 Å². The maximum absolute atomic E-state index is 13.9. The number of rotatable bonds is 4. The van der Waals surface area contributed by atoms with Gasteiger partial charge in [-0.15, -0.1) is 0 Å². The van der Waals surface area contributed by atoms with Crippen molar-refractivity contribution in [3.8, 4) is 6.07 Å². The van der Waals surface area contributed by atoms with Crippen molar-refractivity contribution in [2.24, 2.45) is 0 Å². The molecule has 1 aromatic heterocycles. The number of nitrogens with one attached hydrogen (secondary N) is 2. The molecule has 0 atom stereocenters. The van der Waals surface area contributed by atoms with Gasteiger partial charge in [0.1, 0.15) is 17.6 Å². The predicted octanol–water partition coefficient (Wildman–Crippen LogP) is 3.96. The Bertz CT molecular complexity index is 1180. The molecule has 6 nitrogen and oxygen atoms in total. The van der Waals surface area contributed by atoms with Crippen molar-refractivity contribution in [2.45, 2.75) is 13.8 Å². The number of nitriles is 1. The van der Waals surface area contributed by atoms with Crippen molar-refractivity contribution in [3.05, 3.63) is 88.0 Å². The number of carbonyl (C=O) groups excluding carboxylic acids is 1. The summed E-state index contributed by atoms with van der Waals surface area (Å²) in [6, 6.07) is 12.8. The third kappa shape index (κ3) is 4.12. The molecular weight excluding hydrogens is 369 g/mol. The van der Waals surface area contributed by atoms with E-state index in [1.165, 1.54) is 12.3 Å². The zero-order valence-corrected chi connectivity index (χ0v) is 15.9. The fourth-order valence-corrected chi connectivity index (χ4v) is 2.82. The summed E-state index contributed by atoms with van der Waals surface area (Å²) >= 11 is 0. The van der Waals surface area contributed by atoms with Crippen molar-refractivity contribution < 1.29 is 9.18 Å². The van der Waals surface area contributed by atoms with Crippen LogP contribution in [-0.4, -0.2) is 16.6 Å². The monoisotopic (exact) mass is 387 g/mol. The van der Waals surface area contributed by atoms with Crippen LogP contribution in [0.4, 0.5) is 15.8 Å². The van der Waals surface area contributed by atoms with Crippen LogP contribution in [-0.2, 0) is 0 Å². The summed E-state index contributed by atoms with van der Waals surface area (Å²) in [6.07, 6.45) is 1.33. The van der Waals surface area contributed by atoms with Crippen molar-refractivity contribution in [1.82, 2.24) is 4.98 Å². The van der Waals surface area contributed by atoms with Gasteiger partial charge in [-0.25, -0.2) is 9.37 Å². The minimum Gasteiger partial charge on any atom is -0.398 e. The van der Waals surface area contributed by atoms with Gasteiger partial charge in [0.05, 0.1) is 11.3 Å². The van der Waals surface area contributed by atoms with E-state index in [0.717, 1.165) is 0 Å². The molecular formula is C22H18FN5O. The molecule has 1 amide bonds. The van der Waals surface area contributed by atoms with Gasteiger partial charge in [0.2, 0.25) is 0 Å². The molecule has 0 bridgehead atoms. The maximum atomic E-state index is 13.9. The molecule has 0 aliphatic heterocycles. The smallest absolute Gasteiger partial charge is 0.274 e. The third-order valence-corrected chi connectivity index (χ3v) is 4.46. The number of nitrogens with zero attached hydrogens (tertiary/aromatic N) is 2. The molecule has 0 radical (unpaired) electrons. The largest absolute Gasteiger partial charge is 0.398 e. The van der Waals surface area contributed by atoms with Crippen LogP contribution in [0, 0.1) is 36.4 Å². The number of halogens is 1. The highest BCUT2D eigenvalue weighted by atomic mass is 19.1. The molecule has 2 aromatic carbocycles. The average molecular weight is 387 g/mol. The van der Waals surface area contributed by atoms with E-state index in [2.05, 4.69) is 10.3 Å². The van der Waals surface area contributed by atoms with Crippen LogP contribution in [0.2, 0.25) is 0 Å². The summed E-state index contributed by atoms with van der Waals surface area (Å²) in [5.41, 5.74) is 9.17. The van der Waals surface area contributed by atoms with Crippen LogP contribution < -0.4 is 11.1 Å². The first-order chi connectivity index (χ1) is 13.8. The quantitative estimate of drug-likeness (QED) is 0.464. The number of amides is 1. The Balaban J connectivity index is 1.89. The second-order valence-electron chi connectivity index (χ2n) is 6.60. The fraction of sp³-hybridized carbons (Fsp3) is 0.0909. The molecule has 0 aliphatic rings. The normalized spacial score (nSPS) is 10.3. The number of aryl methyl sites for hydroxylation is 2. The first-order valence-electron chi connectivity index (χ1n) is 8.73. The Morgan fingerprint density at radius 3 is 2.59 bits per heavy atom. The van der Waals surface area contributed by atoms with Gasteiger partial charge in [0.25, 0.3) is 5.91 Å². The van der Waals surface area contributed by atoms with E-state index in [-0.39, 0.29) is 11.4 Å². The predicted molar refractivity (Wildman–Crippen MR) is 110 cm³/mol. The Morgan fingerprint density at radius 2 is 1.93 bits per heavy atom. The second-order valence-corrected chi connectivity index (χ2v) is 6.60. The van der Waals surface area contributed by atoms with Gasteiger partial charge in [0.15, 0.2) is 0 Å². The molecule has 7 heteroatoms. The van der Waals surface area contributed by atoms with Crippen LogP contribution >= 0.6 is 0 Å². The number of nitrogen functional groups attached to an aromatic ring is 1. The van der Waals surface area contributed by atoms with Crippen LogP contribution in [0.1, 0.15) is 38.3 Å². The minimum absolute atomic E-state index is 0.0465. The van der Waals surface area contributed by atoms with Gasteiger partial charge in [-0.2, -0.15) is 5.26 Å². The number of carbonyl (C=O) groups is 1. The van der Waals surface area contributed by atoms with E-state index >= 15 is 0 Å². The van der Waals surface area contributed by atoms with Crippen molar-refractivity contribution in [1.29, 1.82) is 10.7 Å². The van der Waals surface area contributed by atoms with Gasteiger partial charge in [-0.3, -0.25) is 10.2 Å². The van der Waals surface area contributed by atoms with Gasteiger partial charge in [-0.05, 0) is 55.3 Å². The molecule has 1 heterocycles. The van der Waals surface area contributed by atoms with E-state index in [9.17, 15) is 9.18 Å². The fourth-order valence-electron chi connectivity index (χ4n) is 2.82. The van der Waals surface area contributed by atoms with Crippen molar-refractivity contribution in [2.75, 3.05) is 11.1 Å². The Kier molecular flexibility index (Phi) is 5.37. The molecule has 0 spiro atoms. The molecule has 0 aliphatic carbocycles. The lowest BCUT2D eigenvalue weighted by Crippen LogP contribution is -2.16. The zero-order chi connectivity index (χ0) is 21.1. The number of nitrogens with two attached hydrogens (primary N) is 1. The van der Waals surface area contributed by atoms with Gasteiger partial charge in [0, 0.05) is 28.7 Å². The van der Waals surface area contributed by atoms with Crippen LogP contribution in [0.5, 0.6) is 0 Å². The molecule has 144 valence electrons. The molecule has 4 N–H and O–H groups in total. The summed E-state index contributed by atoms with van der Waals surface area (Å²) < 4.78 is 13.9. The topological polar surface area (TPSA) is 116 Å². The maximum Gasteiger partial charge on any atom is 0.274 e. The number of hydrogen-bond donors (Lipinski definition) is 3. The molecule has 0 saturated carbocycles. The second kappa shape index (κ2) is 7.90. The molecule has 3 rings (SSSR count). The van der Waals surface area contributed by atoms with Crippen LogP contribution in [0.15, 0.2) is 48.7 Å². The Hall–Kier alpha value is -4.05. The highest BCUT2D eigenvalue weighted by molar-refractivity contribution is 6.15. The highest BCUT2D eigenvalue weighted by Gasteiger charge is 2.15. The zero-order valence-electron chi connectivity index (χ0n) is 15.9. The summed E-state index contributed by atoms with van der Waals surface area (Å²) in [6.45, 7) is 3.34. The first kappa shape index (κ1) is 19.7. The van der Waals surface area contributed by atoms with Gasteiger partial charge < -0.3 is 11.1 Å². The number of anilines is 2. The lowest BCUT2D eigenvalue weighted by molar-refractivity contribution is 0.102.